The summed E-state index contributed by atoms with van der Waals surface area (Å²) in [6.07, 6.45) is 1.52. The van der Waals surface area contributed by atoms with Crippen LogP contribution in [0.5, 0.6) is 0 Å². The van der Waals surface area contributed by atoms with Crippen LogP contribution >= 0.6 is 0 Å². The van der Waals surface area contributed by atoms with Crippen molar-refractivity contribution in [1.29, 1.82) is 0 Å². The molecule has 6 nitrogen and oxygen atoms in total. The maximum absolute atomic E-state index is 12.8. The molecule has 130 valence electrons. The topological polar surface area (TPSA) is 66.0 Å². The normalized spacial score (nSPS) is 10.9. The molecule has 0 radical (unpaired) electrons. The number of hydrogen-bond acceptors (Lipinski definition) is 5. The van der Waals surface area contributed by atoms with Gasteiger partial charge in [0, 0.05) is 45.1 Å². The Balaban J connectivity index is 2.28. The number of carbonyl (C=O) groups is 1. The van der Waals surface area contributed by atoms with E-state index in [1.165, 1.54) is 6.26 Å². The quantitative estimate of drug-likeness (QED) is 0.788. The molecule has 0 fully saturated rings. The largest absolute Gasteiger partial charge is 0.459 e. The second-order valence-corrected chi connectivity index (χ2v) is 6.29. The summed E-state index contributed by atoms with van der Waals surface area (Å²) in [5.41, 5.74) is 8.70. The van der Waals surface area contributed by atoms with E-state index >= 15 is 0 Å². The third-order valence-corrected chi connectivity index (χ3v) is 3.78. The zero-order valence-corrected chi connectivity index (χ0v) is 14.8. The van der Waals surface area contributed by atoms with Gasteiger partial charge in [0.2, 0.25) is 0 Å². The van der Waals surface area contributed by atoms with Crippen molar-refractivity contribution in [3.05, 3.63) is 47.9 Å². The molecule has 1 aromatic carbocycles. The predicted octanol–water partition coefficient (Wildman–Crippen LogP) is 2.13. The standard InChI is InChI=1S/C18H26N4O2/c1-20(2)9-10-22(18(23)17-6-5-11-24-17)13-14-12-15(19)7-8-16(14)21(3)4/h5-8,11-12H,9-10,13,19H2,1-4H3. The molecule has 0 spiro atoms. The van der Waals surface area contributed by atoms with Crippen LogP contribution in [-0.4, -0.2) is 57.0 Å². The zero-order valence-electron chi connectivity index (χ0n) is 14.8. The lowest BCUT2D eigenvalue weighted by molar-refractivity contribution is 0.0700. The molecule has 0 saturated heterocycles. The number of hydrogen-bond donors (Lipinski definition) is 1. The van der Waals surface area contributed by atoms with Crippen LogP contribution < -0.4 is 10.6 Å². The monoisotopic (exact) mass is 330 g/mol. The number of nitrogens with two attached hydrogens (primary N) is 1. The molecule has 2 rings (SSSR count). The van der Waals surface area contributed by atoms with Crippen molar-refractivity contribution in [2.45, 2.75) is 6.54 Å². The van der Waals surface area contributed by atoms with Crippen molar-refractivity contribution in [2.75, 3.05) is 51.9 Å². The number of likely N-dealkylation sites (N-methyl/N-ethyl adjacent to an activating group) is 1. The van der Waals surface area contributed by atoms with Gasteiger partial charge >= 0.3 is 0 Å². The first kappa shape index (κ1) is 17.9. The fourth-order valence-electron chi connectivity index (χ4n) is 2.50. The Morgan fingerprint density at radius 1 is 1.12 bits per heavy atom. The van der Waals surface area contributed by atoms with Crippen LogP contribution in [0.4, 0.5) is 11.4 Å². The lowest BCUT2D eigenvalue weighted by atomic mass is 10.1. The number of nitrogen functional groups attached to an aromatic ring is 1. The van der Waals surface area contributed by atoms with Crippen molar-refractivity contribution in [2.24, 2.45) is 0 Å². The molecule has 2 N–H and O–H groups in total. The summed E-state index contributed by atoms with van der Waals surface area (Å²) in [5.74, 6) is 0.234. The van der Waals surface area contributed by atoms with Crippen molar-refractivity contribution < 1.29 is 9.21 Å². The summed E-state index contributed by atoms with van der Waals surface area (Å²) in [5, 5.41) is 0. The molecular formula is C18H26N4O2. The van der Waals surface area contributed by atoms with Gasteiger partial charge in [0.15, 0.2) is 5.76 Å². The summed E-state index contributed by atoms with van der Waals surface area (Å²) in [6.45, 7) is 1.85. The summed E-state index contributed by atoms with van der Waals surface area (Å²) >= 11 is 0. The maximum atomic E-state index is 12.8. The second-order valence-electron chi connectivity index (χ2n) is 6.29. The number of rotatable bonds is 7. The van der Waals surface area contributed by atoms with Crippen LogP contribution in [0.2, 0.25) is 0 Å². The number of nitrogens with zero attached hydrogens (tertiary/aromatic N) is 3. The van der Waals surface area contributed by atoms with Crippen molar-refractivity contribution in [3.8, 4) is 0 Å². The third-order valence-electron chi connectivity index (χ3n) is 3.78. The smallest absolute Gasteiger partial charge is 0.289 e. The molecule has 24 heavy (non-hydrogen) atoms. The van der Waals surface area contributed by atoms with Crippen LogP contribution in [0.25, 0.3) is 0 Å². The van der Waals surface area contributed by atoms with E-state index in [1.54, 1.807) is 17.0 Å². The fourth-order valence-corrected chi connectivity index (χ4v) is 2.50. The molecule has 2 aromatic rings. The Morgan fingerprint density at radius 2 is 1.88 bits per heavy atom. The first-order valence-corrected chi connectivity index (χ1v) is 7.91. The van der Waals surface area contributed by atoms with Gasteiger partial charge < -0.3 is 24.9 Å². The highest BCUT2D eigenvalue weighted by atomic mass is 16.3. The Labute approximate surface area is 143 Å². The van der Waals surface area contributed by atoms with Crippen LogP contribution in [0.3, 0.4) is 0 Å². The molecule has 0 saturated carbocycles. The highest BCUT2D eigenvalue weighted by Gasteiger charge is 2.20. The van der Waals surface area contributed by atoms with Crippen LogP contribution in [0, 0.1) is 0 Å². The minimum absolute atomic E-state index is 0.117. The highest BCUT2D eigenvalue weighted by Crippen LogP contribution is 2.23. The summed E-state index contributed by atoms with van der Waals surface area (Å²) in [7, 11) is 7.93. The second kappa shape index (κ2) is 7.88. The average molecular weight is 330 g/mol. The Morgan fingerprint density at radius 3 is 2.46 bits per heavy atom. The minimum atomic E-state index is -0.117. The van der Waals surface area contributed by atoms with Gasteiger partial charge in [-0.25, -0.2) is 0 Å². The summed E-state index contributed by atoms with van der Waals surface area (Å²) in [6, 6.07) is 9.19. The van der Waals surface area contributed by atoms with E-state index in [2.05, 4.69) is 4.90 Å². The van der Waals surface area contributed by atoms with Gasteiger partial charge in [0.25, 0.3) is 5.91 Å². The van der Waals surface area contributed by atoms with E-state index in [-0.39, 0.29) is 5.91 Å². The molecule has 0 atom stereocenters. The van der Waals surface area contributed by atoms with E-state index in [0.29, 0.717) is 24.5 Å². The summed E-state index contributed by atoms with van der Waals surface area (Å²) < 4.78 is 5.28. The van der Waals surface area contributed by atoms with E-state index in [4.69, 9.17) is 10.2 Å². The van der Waals surface area contributed by atoms with E-state index < -0.39 is 0 Å². The average Bonchev–Trinajstić information content (AvgIpc) is 3.04. The minimum Gasteiger partial charge on any atom is -0.459 e. The van der Waals surface area contributed by atoms with E-state index in [1.807, 2.05) is 51.3 Å². The first-order chi connectivity index (χ1) is 11.4. The molecule has 6 heteroatoms. The van der Waals surface area contributed by atoms with Crippen molar-refractivity contribution in [3.63, 3.8) is 0 Å². The van der Waals surface area contributed by atoms with Crippen molar-refractivity contribution >= 4 is 17.3 Å². The Hall–Kier alpha value is -2.47. The van der Waals surface area contributed by atoms with Gasteiger partial charge in [-0.1, -0.05) is 0 Å². The lowest BCUT2D eigenvalue weighted by Gasteiger charge is -2.26. The summed E-state index contributed by atoms with van der Waals surface area (Å²) in [4.78, 5) is 18.6. The number of benzene rings is 1. The molecule has 0 aliphatic carbocycles. The third kappa shape index (κ3) is 4.52. The molecule has 1 amide bonds. The predicted molar refractivity (Wildman–Crippen MR) is 97.2 cm³/mol. The van der Waals surface area contributed by atoms with Crippen molar-refractivity contribution in [1.82, 2.24) is 9.80 Å². The fraction of sp³-hybridized carbons (Fsp3) is 0.389. The highest BCUT2D eigenvalue weighted by molar-refractivity contribution is 5.91. The Kier molecular flexibility index (Phi) is 5.87. The van der Waals surface area contributed by atoms with Crippen LogP contribution in [0.15, 0.2) is 41.0 Å². The molecule has 1 heterocycles. The first-order valence-electron chi connectivity index (χ1n) is 7.91. The Bertz CT molecular complexity index is 666. The number of anilines is 2. The lowest BCUT2D eigenvalue weighted by Crippen LogP contribution is -2.36. The molecular weight excluding hydrogens is 304 g/mol. The van der Waals surface area contributed by atoms with Gasteiger partial charge in [-0.05, 0) is 50.0 Å². The van der Waals surface area contributed by atoms with Gasteiger partial charge in [-0.2, -0.15) is 0 Å². The molecule has 0 aliphatic heterocycles. The van der Waals surface area contributed by atoms with Gasteiger partial charge in [0.05, 0.1) is 6.26 Å². The SMILES string of the molecule is CN(C)CCN(Cc1cc(N)ccc1N(C)C)C(=O)c1ccco1. The number of amides is 1. The van der Waals surface area contributed by atoms with Crippen LogP contribution in [0.1, 0.15) is 16.1 Å². The van der Waals surface area contributed by atoms with Gasteiger partial charge in [-0.15, -0.1) is 0 Å². The van der Waals surface area contributed by atoms with Gasteiger partial charge in [0.1, 0.15) is 0 Å². The number of furan rings is 1. The van der Waals surface area contributed by atoms with E-state index in [0.717, 1.165) is 17.8 Å². The number of carbonyl (C=O) groups excluding carboxylic acids is 1. The van der Waals surface area contributed by atoms with Crippen LogP contribution in [-0.2, 0) is 6.54 Å². The van der Waals surface area contributed by atoms with Gasteiger partial charge in [-0.3, -0.25) is 4.79 Å². The molecule has 0 bridgehead atoms. The molecule has 0 unspecified atom stereocenters. The zero-order chi connectivity index (χ0) is 17.7. The maximum Gasteiger partial charge on any atom is 0.289 e. The molecule has 0 aliphatic rings. The van der Waals surface area contributed by atoms with E-state index in [9.17, 15) is 4.79 Å². The molecule has 1 aromatic heterocycles.